The van der Waals surface area contributed by atoms with E-state index in [0.717, 1.165) is 37.5 Å². The number of alkyl carbamates (subject to hydrolysis) is 1. The van der Waals surface area contributed by atoms with Crippen LogP contribution in [-0.4, -0.2) is 28.8 Å². The third kappa shape index (κ3) is 5.84. The molecule has 6 nitrogen and oxygen atoms in total. The second-order valence-electron chi connectivity index (χ2n) is 10.5. The average molecular weight is 477 g/mol. The van der Waals surface area contributed by atoms with E-state index >= 15 is 0 Å². The molecule has 1 aromatic carbocycles. The van der Waals surface area contributed by atoms with Crippen molar-refractivity contribution in [3.8, 4) is 5.75 Å². The summed E-state index contributed by atoms with van der Waals surface area (Å²) in [6, 6.07) is 5.39. The smallest absolute Gasteiger partial charge is 0.407 e. The quantitative estimate of drug-likeness (QED) is 0.502. The lowest BCUT2D eigenvalue weighted by Gasteiger charge is -2.48. The minimum Gasteiger partial charge on any atom is -0.489 e. The van der Waals surface area contributed by atoms with Gasteiger partial charge in [-0.3, -0.25) is 4.79 Å². The summed E-state index contributed by atoms with van der Waals surface area (Å²) in [6.07, 6.45) is 5.76. The van der Waals surface area contributed by atoms with Gasteiger partial charge in [0.15, 0.2) is 0 Å². The molecule has 1 heterocycles. The van der Waals surface area contributed by atoms with E-state index in [1.54, 1.807) is 12.3 Å². The van der Waals surface area contributed by atoms with Crippen molar-refractivity contribution >= 4 is 28.5 Å². The Morgan fingerprint density at radius 3 is 2.52 bits per heavy atom. The van der Waals surface area contributed by atoms with Crippen LogP contribution in [0.2, 0.25) is 5.02 Å². The van der Waals surface area contributed by atoms with Crippen LogP contribution in [0.4, 0.5) is 4.79 Å². The standard InChI is InChI=1S/C26H37ClN2O4/c1-7-22(29-24(31)33-25(4,5)6)26(16(2)3)11-8-18(9-12-26)32-21-14-17-10-13-28-23(30)19(17)15-20(21)27/h10,13-16,18,22H,7-9,11-12H2,1-6H3,(H,28,30)(H,29,31)/t18?,22-,26?/m1/s1. The van der Waals surface area contributed by atoms with E-state index in [1.165, 1.54) is 0 Å². The van der Waals surface area contributed by atoms with Crippen molar-refractivity contribution < 1.29 is 14.3 Å². The van der Waals surface area contributed by atoms with E-state index in [4.69, 9.17) is 21.1 Å². The first kappa shape index (κ1) is 25.4. The Morgan fingerprint density at radius 1 is 1.27 bits per heavy atom. The van der Waals surface area contributed by atoms with Crippen LogP contribution in [0.25, 0.3) is 10.8 Å². The molecule has 0 aliphatic heterocycles. The van der Waals surface area contributed by atoms with E-state index < -0.39 is 5.60 Å². The minimum atomic E-state index is -0.525. The molecular formula is C26H37ClN2O4. The summed E-state index contributed by atoms with van der Waals surface area (Å²) in [5, 5.41) is 4.96. The minimum absolute atomic E-state index is 0.0218. The normalized spacial score (nSPS) is 22.2. The number of rotatable bonds is 6. The monoisotopic (exact) mass is 476 g/mol. The molecule has 0 radical (unpaired) electrons. The fraction of sp³-hybridized carbons (Fsp3) is 0.615. The van der Waals surface area contributed by atoms with Gasteiger partial charge >= 0.3 is 6.09 Å². The summed E-state index contributed by atoms with van der Waals surface area (Å²) in [5.74, 6) is 1.00. The van der Waals surface area contributed by atoms with Crippen molar-refractivity contribution in [2.24, 2.45) is 11.3 Å². The molecule has 0 unspecified atom stereocenters. The van der Waals surface area contributed by atoms with E-state index in [-0.39, 0.29) is 29.2 Å². The molecule has 182 valence electrons. The van der Waals surface area contributed by atoms with Crippen LogP contribution in [0.5, 0.6) is 5.75 Å². The summed E-state index contributed by atoms with van der Waals surface area (Å²) >= 11 is 6.44. The molecule has 1 saturated carbocycles. The number of carbonyl (C=O) groups excluding carboxylic acids is 1. The number of carbonyl (C=O) groups is 1. The van der Waals surface area contributed by atoms with E-state index in [2.05, 4.69) is 31.1 Å². The molecule has 2 N–H and O–H groups in total. The number of benzene rings is 1. The number of nitrogens with one attached hydrogen (secondary N) is 2. The molecule has 3 rings (SSSR count). The highest BCUT2D eigenvalue weighted by molar-refractivity contribution is 6.32. The third-order valence-electron chi connectivity index (χ3n) is 6.93. The topological polar surface area (TPSA) is 80.4 Å². The number of aromatic amines is 1. The van der Waals surface area contributed by atoms with Crippen LogP contribution < -0.4 is 15.6 Å². The molecule has 0 bridgehead atoms. The van der Waals surface area contributed by atoms with Gasteiger partial charge in [-0.1, -0.05) is 32.4 Å². The predicted octanol–water partition coefficient (Wildman–Crippen LogP) is 6.45. The zero-order chi connectivity index (χ0) is 24.4. The zero-order valence-corrected chi connectivity index (χ0v) is 21.3. The lowest BCUT2D eigenvalue weighted by atomic mass is 9.61. The maximum Gasteiger partial charge on any atom is 0.407 e. The van der Waals surface area contributed by atoms with Crippen LogP contribution in [0, 0.1) is 11.3 Å². The number of aromatic nitrogens is 1. The lowest BCUT2D eigenvalue weighted by Crippen LogP contribution is -2.53. The lowest BCUT2D eigenvalue weighted by molar-refractivity contribution is 0.00442. The van der Waals surface area contributed by atoms with E-state index in [9.17, 15) is 9.59 Å². The molecule has 1 fully saturated rings. The zero-order valence-electron chi connectivity index (χ0n) is 20.6. The van der Waals surface area contributed by atoms with Crippen LogP contribution in [0.15, 0.2) is 29.2 Å². The first-order chi connectivity index (χ1) is 15.4. The highest BCUT2D eigenvalue weighted by atomic mass is 35.5. The van der Waals surface area contributed by atoms with Gasteiger partial charge in [-0.2, -0.15) is 0 Å². The maximum atomic E-state index is 12.5. The number of hydrogen-bond donors (Lipinski definition) is 2. The SMILES string of the molecule is CC[C@@H](NC(=O)OC(C)(C)C)C1(C(C)C)CCC(Oc2cc3cc[nH]c(=O)c3cc2Cl)CC1. The van der Waals surface area contributed by atoms with Crippen molar-refractivity contribution in [3.05, 3.63) is 39.8 Å². The number of H-pyrrole nitrogens is 1. The molecule has 1 amide bonds. The van der Waals surface area contributed by atoms with Gasteiger partial charge in [-0.15, -0.1) is 0 Å². The number of amides is 1. The molecule has 33 heavy (non-hydrogen) atoms. The van der Waals surface area contributed by atoms with Gasteiger partial charge in [-0.05, 0) is 87.8 Å². The number of hydrogen-bond acceptors (Lipinski definition) is 4. The predicted molar refractivity (Wildman–Crippen MR) is 133 cm³/mol. The summed E-state index contributed by atoms with van der Waals surface area (Å²) < 4.78 is 11.8. The first-order valence-electron chi connectivity index (χ1n) is 11.9. The van der Waals surface area contributed by atoms with Crippen molar-refractivity contribution in [2.45, 2.75) is 91.4 Å². The van der Waals surface area contributed by atoms with Crippen LogP contribution in [0.3, 0.4) is 0 Å². The van der Waals surface area contributed by atoms with Gasteiger partial charge in [0.25, 0.3) is 5.56 Å². The second kappa shape index (κ2) is 9.96. The Kier molecular flexibility index (Phi) is 7.67. The van der Waals surface area contributed by atoms with Crippen LogP contribution >= 0.6 is 11.6 Å². The Morgan fingerprint density at radius 2 is 1.94 bits per heavy atom. The fourth-order valence-electron chi connectivity index (χ4n) is 5.14. The number of halogens is 1. The summed E-state index contributed by atoms with van der Waals surface area (Å²) in [5.41, 5.74) is -0.710. The fourth-order valence-corrected chi connectivity index (χ4v) is 5.34. The molecule has 0 saturated heterocycles. The van der Waals surface area contributed by atoms with Crippen LogP contribution in [-0.2, 0) is 4.74 Å². The van der Waals surface area contributed by atoms with Gasteiger partial charge in [0.05, 0.1) is 11.1 Å². The number of ether oxygens (including phenoxy) is 2. The van der Waals surface area contributed by atoms with Crippen molar-refractivity contribution in [1.82, 2.24) is 10.3 Å². The van der Waals surface area contributed by atoms with Crippen molar-refractivity contribution in [2.75, 3.05) is 0 Å². The Labute approximate surface area is 201 Å². The molecule has 2 aromatic rings. The van der Waals surface area contributed by atoms with Gasteiger partial charge in [0, 0.05) is 17.6 Å². The van der Waals surface area contributed by atoms with Gasteiger partial charge in [0.2, 0.25) is 0 Å². The van der Waals surface area contributed by atoms with Crippen molar-refractivity contribution in [1.29, 1.82) is 0 Å². The van der Waals surface area contributed by atoms with E-state index in [0.29, 0.717) is 22.1 Å². The highest BCUT2D eigenvalue weighted by Crippen LogP contribution is 2.47. The molecular weight excluding hydrogens is 440 g/mol. The molecule has 1 aliphatic rings. The summed E-state index contributed by atoms with van der Waals surface area (Å²) in [7, 11) is 0. The van der Waals surface area contributed by atoms with Crippen molar-refractivity contribution in [3.63, 3.8) is 0 Å². The Balaban J connectivity index is 1.72. The highest BCUT2D eigenvalue weighted by Gasteiger charge is 2.45. The largest absolute Gasteiger partial charge is 0.489 e. The van der Waals surface area contributed by atoms with Gasteiger partial charge in [0.1, 0.15) is 11.4 Å². The Hall–Kier alpha value is -2.21. The maximum absolute atomic E-state index is 12.5. The van der Waals surface area contributed by atoms with Gasteiger partial charge in [-0.25, -0.2) is 4.79 Å². The average Bonchev–Trinajstić information content (AvgIpc) is 2.72. The summed E-state index contributed by atoms with van der Waals surface area (Å²) in [6.45, 7) is 12.2. The molecule has 1 aromatic heterocycles. The van der Waals surface area contributed by atoms with E-state index in [1.807, 2.05) is 32.9 Å². The Bertz CT molecular complexity index is 1030. The number of pyridine rings is 1. The molecule has 1 atom stereocenters. The third-order valence-corrected chi connectivity index (χ3v) is 7.22. The second-order valence-corrected chi connectivity index (χ2v) is 10.9. The van der Waals surface area contributed by atoms with Gasteiger partial charge < -0.3 is 19.8 Å². The first-order valence-corrected chi connectivity index (χ1v) is 12.3. The summed E-state index contributed by atoms with van der Waals surface area (Å²) in [4.78, 5) is 27.2. The number of fused-ring (bicyclic) bond motifs is 1. The molecule has 7 heteroatoms. The molecule has 1 aliphatic carbocycles. The van der Waals surface area contributed by atoms with Crippen LogP contribution in [0.1, 0.15) is 73.6 Å². The molecule has 0 spiro atoms.